The third-order valence-corrected chi connectivity index (χ3v) is 14.0. The first-order valence-electron chi connectivity index (χ1n) is 20.8. The minimum absolute atomic E-state index is 0.0252. The normalized spacial score (nSPS) is 26.1. The van der Waals surface area contributed by atoms with Crippen molar-refractivity contribution >= 4 is 44.7 Å². The molecule has 2 saturated carbocycles. The van der Waals surface area contributed by atoms with E-state index in [1.54, 1.807) is 7.11 Å². The molecule has 60 heavy (non-hydrogen) atoms. The van der Waals surface area contributed by atoms with Gasteiger partial charge in [0.2, 0.25) is 21.8 Å². The number of carbonyl (C=O) groups is 4. The number of pyridine rings is 1. The fourth-order valence-corrected chi connectivity index (χ4v) is 9.67. The van der Waals surface area contributed by atoms with E-state index in [-0.39, 0.29) is 31.4 Å². The second-order valence-corrected chi connectivity index (χ2v) is 20.6. The molecule has 15 heteroatoms. The number of nitrogens with one attached hydrogen (secondary N) is 3. The number of sulfonamides is 1. The molecule has 2 aliphatic heterocycles. The second kappa shape index (κ2) is 16.4. The summed E-state index contributed by atoms with van der Waals surface area (Å²) in [5.74, 6) is -1.37. The van der Waals surface area contributed by atoms with Gasteiger partial charge < -0.3 is 29.7 Å². The average molecular weight is 844 g/mol. The van der Waals surface area contributed by atoms with Crippen LogP contribution in [0.15, 0.2) is 61.2 Å². The molecule has 7 rings (SSSR count). The Kier molecular flexibility index (Phi) is 11.7. The number of aryl methyl sites for hydroxylation is 1. The lowest BCUT2D eigenvalue weighted by molar-refractivity contribution is -0.142. The maximum absolute atomic E-state index is 14.8. The number of nitrogens with zero attached hydrogens (tertiary/aromatic N) is 2. The number of amides is 4. The van der Waals surface area contributed by atoms with Crippen molar-refractivity contribution in [1.82, 2.24) is 25.2 Å². The van der Waals surface area contributed by atoms with Crippen LogP contribution < -0.4 is 24.8 Å². The van der Waals surface area contributed by atoms with Crippen LogP contribution in [0.5, 0.6) is 11.5 Å². The van der Waals surface area contributed by atoms with Crippen LogP contribution in [0.4, 0.5) is 4.79 Å². The van der Waals surface area contributed by atoms with Gasteiger partial charge in [-0.15, -0.1) is 6.58 Å². The van der Waals surface area contributed by atoms with E-state index >= 15 is 0 Å². The largest absolute Gasteiger partial charge is 0.496 e. The summed E-state index contributed by atoms with van der Waals surface area (Å²) >= 11 is 0. The molecular weight excluding hydrogens is 787 g/mol. The van der Waals surface area contributed by atoms with Crippen LogP contribution >= 0.6 is 0 Å². The Morgan fingerprint density at radius 3 is 2.47 bits per heavy atom. The zero-order valence-corrected chi connectivity index (χ0v) is 36.2. The molecule has 3 fully saturated rings. The summed E-state index contributed by atoms with van der Waals surface area (Å²) in [6.07, 6.45) is 4.30. The van der Waals surface area contributed by atoms with E-state index in [1.807, 2.05) is 83.1 Å². The second-order valence-electron chi connectivity index (χ2n) is 18.6. The molecule has 3 aromatic rings. The monoisotopic (exact) mass is 843 g/mol. The van der Waals surface area contributed by atoms with Crippen molar-refractivity contribution in [2.45, 2.75) is 115 Å². The number of aromatic nitrogens is 1. The number of cyclic esters (lactones) is 1. The molecule has 2 aromatic carbocycles. The van der Waals surface area contributed by atoms with Crippen molar-refractivity contribution < 1.29 is 41.8 Å². The van der Waals surface area contributed by atoms with Crippen LogP contribution in [0.2, 0.25) is 0 Å². The van der Waals surface area contributed by atoms with Gasteiger partial charge in [-0.3, -0.25) is 19.1 Å². The maximum atomic E-state index is 14.8. The first-order valence-corrected chi connectivity index (χ1v) is 22.4. The highest BCUT2D eigenvalue weighted by molar-refractivity contribution is 7.91. The maximum Gasteiger partial charge on any atom is 0.407 e. The quantitative estimate of drug-likeness (QED) is 0.234. The van der Waals surface area contributed by atoms with E-state index in [0.29, 0.717) is 42.0 Å². The smallest absolute Gasteiger partial charge is 0.407 e. The molecule has 0 radical (unpaired) electrons. The van der Waals surface area contributed by atoms with Crippen LogP contribution in [0.1, 0.15) is 85.1 Å². The lowest BCUT2D eigenvalue weighted by Crippen LogP contribution is -2.60. The molecule has 4 amide bonds. The molecule has 0 unspecified atom stereocenters. The summed E-state index contributed by atoms with van der Waals surface area (Å²) in [5, 5.41) is 5.74. The Balaban J connectivity index is 1.29. The van der Waals surface area contributed by atoms with Gasteiger partial charge in [0.05, 0.1) is 36.7 Å². The number of hydrogen-bond acceptors (Lipinski definition) is 10. The van der Waals surface area contributed by atoms with Crippen molar-refractivity contribution in [1.29, 1.82) is 0 Å². The first kappa shape index (κ1) is 42.9. The third-order valence-electron chi connectivity index (χ3n) is 12.2. The van der Waals surface area contributed by atoms with Crippen molar-refractivity contribution in [3.63, 3.8) is 0 Å². The Morgan fingerprint density at radius 2 is 1.82 bits per heavy atom. The van der Waals surface area contributed by atoms with Gasteiger partial charge in [-0.2, -0.15) is 0 Å². The molecule has 1 saturated heterocycles. The van der Waals surface area contributed by atoms with Gasteiger partial charge >= 0.3 is 6.09 Å². The van der Waals surface area contributed by atoms with Crippen LogP contribution in [0.3, 0.4) is 0 Å². The van der Waals surface area contributed by atoms with Crippen molar-refractivity contribution in [2.75, 3.05) is 20.3 Å². The fourth-order valence-electron chi connectivity index (χ4n) is 8.31. The molecule has 322 valence electrons. The minimum Gasteiger partial charge on any atom is -0.496 e. The highest BCUT2D eigenvalue weighted by Gasteiger charge is 2.62. The Morgan fingerprint density at radius 1 is 1.08 bits per heavy atom. The summed E-state index contributed by atoms with van der Waals surface area (Å²) in [7, 11) is -2.29. The topological polar surface area (TPSA) is 182 Å². The van der Waals surface area contributed by atoms with Crippen LogP contribution in [0, 0.1) is 16.7 Å². The van der Waals surface area contributed by atoms with E-state index < -0.39 is 74.1 Å². The number of ether oxygens (including phenoxy) is 3. The van der Waals surface area contributed by atoms with Crippen LogP contribution in [-0.2, 0) is 35.6 Å². The van der Waals surface area contributed by atoms with E-state index in [1.165, 1.54) is 11.0 Å². The van der Waals surface area contributed by atoms with Crippen molar-refractivity contribution in [3.05, 3.63) is 66.7 Å². The van der Waals surface area contributed by atoms with Gasteiger partial charge in [-0.05, 0) is 61.0 Å². The standard InChI is InChI=1S/C45H57N5O9S/c1-8-29-24-45(29,41(53)49-60(55,56)31-17-18-31)48-39(51)35-21-30-25-50(35)40(52)38(43(2,3)4)47-42(54)58-26-44(5,6)19-13-12-16-28-20-32-34(23-36(28)57-7)46-33(22-37(32)59-30)27-14-10-9-11-15-27/h8-11,14-15,20,22-23,29-31,35,38H,1,12-13,16-19,21,24-26H2,2-7H3,(H,47,54)(H,48,51)(H,49,53)/t29-,30-,35+,38-,45-/m1/s1. The highest BCUT2D eigenvalue weighted by atomic mass is 32.2. The van der Waals surface area contributed by atoms with Gasteiger partial charge in [0, 0.05) is 35.4 Å². The van der Waals surface area contributed by atoms with Gasteiger partial charge in [0.1, 0.15) is 35.2 Å². The minimum atomic E-state index is -3.92. The summed E-state index contributed by atoms with van der Waals surface area (Å²) in [6.45, 7) is 13.4. The van der Waals surface area contributed by atoms with Crippen LogP contribution in [0.25, 0.3) is 22.2 Å². The van der Waals surface area contributed by atoms with Gasteiger partial charge in [-0.25, -0.2) is 18.2 Å². The molecule has 14 nitrogen and oxygen atoms in total. The molecule has 3 N–H and O–H groups in total. The number of rotatable bonds is 8. The van der Waals surface area contributed by atoms with Gasteiger partial charge in [-0.1, -0.05) is 77.4 Å². The van der Waals surface area contributed by atoms with E-state index in [0.717, 1.165) is 35.8 Å². The molecular formula is C45H57N5O9S. The Bertz CT molecular complexity index is 2290. The number of methoxy groups -OCH3 is 1. The third kappa shape index (κ3) is 9.10. The first-order chi connectivity index (χ1) is 28.3. The molecule has 4 bridgehead atoms. The highest BCUT2D eigenvalue weighted by Crippen LogP contribution is 2.46. The number of fused-ring (bicyclic) bond motifs is 3. The van der Waals surface area contributed by atoms with Crippen molar-refractivity contribution in [3.8, 4) is 22.8 Å². The molecule has 3 heterocycles. The Labute approximate surface area is 352 Å². The molecule has 2 aliphatic carbocycles. The van der Waals surface area contributed by atoms with Gasteiger partial charge in [0.25, 0.3) is 5.91 Å². The number of benzene rings is 2. The van der Waals surface area contributed by atoms with Crippen LogP contribution in [-0.4, -0.2) is 91.4 Å². The molecule has 1 aromatic heterocycles. The van der Waals surface area contributed by atoms with E-state index in [2.05, 4.69) is 21.9 Å². The summed E-state index contributed by atoms with van der Waals surface area (Å²) in [4.78, 5) is 62.9. The zero-order valence-electron chi connectivity index (χ0n) is 35.3. The van der Waals surface area contributed by atoms with E-state index in [4.69, 9.17) is 19.2 Å². The molecule has 4 aliphatic rings. The lowest BCUT2D eigenvalue weighted by atomic mass is 9.85. The summed E-state index contributed by atoms with van der Waals surface area (Å²) in [6, 6.07) is 13.2. The predicted molar refractivity (Wildman–Crippen MR) is 227 cm³/mol. The number of hydrogen-bond donors (Lipinski definition) is 3. The SMILES string of the molecule is C=C[C@@H]1C[C@]1(NC(=O)[C@@H]1C[C@@H]2CN1C(=O)[C@H](C(C)(C)C)NC(=O)OCC(C)(C)CCCCc1cc3c(cc(-c4ccccc4)nc3cc1OC)O2)C(=O)NS(=O)(=O)C1CC1. The number of carbonyl (C=O) groups excluding carboxylic acids is 4. The fraction of sp³-hybridized carbons (Fsp3) is 0.533. The summed E-state index contributed by atoms with van der Waals surface area (Å²) in [5.41, 5.74) is 0.379. The molecule has 0 spiro atoms. The lowest BCUT2D eigenvalue weighted by Gasteiger charge is -2.35. The van der Waals surface area contributed by atoms with E-state index in [9.17, 15) is 27.6 Å². The number of alkyl carbamates (subject to hydrolysis) is 1. The van der Waals surface area contributed by atoms with Crippen molar-refractivity contribution in [2.24, 2.45) is 16.7 Å². The molecule has 5 atom stereocenters. The zero-order chi connectivity index (χ0) is 43.2. The average Bonchev–Trinajstić information content (AvgIpc) is 4.13. The Hall–Kier alpha value is -5.18. The summed E-state index contributed by atoms with van der Waals surface area (Å²) < 4.78 is 46.3. The predicted octanol–water partition coefficient (Wildman–Crippen LogP) is 5.82. The van der Waals surface area contributed by atoms with Gasteiger partial charge in [0.15, 0.2) is 0 Å².